The molecule has 1 aromatic heterocycles. The van der Waals surface area contributed by atoms with Crippen molar-refractivity contribution in [1.29, 1.82) is 0 Å². The van der Waals surface area contributed by atoms with Crippen LogP contribution < -0.4 is 19.9 Å². The fourth-order valence-corrected chi connectivity index (χ4v) is 1.98. The third kappa shape index (κ3) is 2.83. The van der Waals surface area contributed by atoms with Crippen LogP contribution in [0.3, 0.4) is 0 Å². The first-order valence-corrected chi connectivity index (χ1v) is 6.16. The molecule has 0 radical (unpaired) electrons. The van der Waals surface area contributed by atoms with Crippen molar-refractivity contribution in [1.82, 2.24) is 4.98 Å². The molecule has 2 rings (SSSR count). The van der Waals surface area contributed by atoms with Gasteiger partial charge in [0.1, 0.15) is 17.2 Å². The van der Waals surface area contributed by atoms with Gasteiger partial charge in [0, 0.05) is 11.8 Å². The van der Waals surface area contributed by atoms with Gasteiger partial charge in [0.05, 0.1) is 33.6 Å². The normalized spacial score (nSPS) is 11.8. The lowest BCUT2D eigenvalue weighted by Gasteiger charge is -2.17. The zero-order valence-corrected chi connectivity index (χ0v) is 11.8. The Bertz CT molecular complexity index is 587. The molecule has 2 aromatic rings. The molecule has 0 bridgehead atoms. The molecular weight excluding hydrogens is 256 g/mol. The molecule has 0 fully saturated rings. The molecule has 0 saturated carbocycles. The second-order valence-corrected chi connectivity index (χ2v) is 4.24. The number of methoxy groups -OCH3 is 3. The van der Waals surface area contributed by atoms with Crippen LogP contribution in [0, 0.1) is 0 Å². The summed E-state index contributed by atoms with van der Waals surface area (Å²) in [5.41, 5.74) is 7.99. The van der Waals surface area contributed by atoms with Gasteiger partial charge in [0.2, 0.25) is 0 Å². The molecule has 106 valence electrons. The van der Waals surface area contributed by atoms with Crippen LogP contribution in [0.4, 0.5) is 0 Å². The van der Waals surface area contributed by atoms with E-state index >= 15 is 0 Å². The highest BCUT2D eigenvalue weighted by Crippen LogP contribution is 2.32. The Morgan fingerprint density at radius 2 is 1.70 bits per heavy atom. The Morgan fingerprint density at radius 1 is 0.950 bits per heavy atom. The summed E-state index contributed by atoms with van der Waals surface area (Å²) >= 11 is 0. The summed E-state index contributed by atoms with van der Waals surface area (Å²) in [5, 5.41) is 0. The zero-order chi connectivity index (χ0) is 14.5. The number of ether oxygens (including phenoxy) is 3. The van der Waals surface area contributed by atoms with Crippen molar-refractivity contribution in [2.24, 2.45) is 5.73 Å². The molecule has 1 heterocycles. The van der Waals surface area contributed by atoms with E-state index in [1.54, 1.807) is 33.7 Å². The number of hydrogen-bond acceptors (Lipinski definition) is 5. The van der Waals surface area contributed by atoms with Gasteiger partial charge < -0.3 is 19.9 Å². The molecule has 5 heteroatoms. The highest BCUT2D eigenvalue weighted by atomic mass is 16.5. The molecule has 0 aliphatic rings. The maximum absolute atomic E-state index is 6.31. The van der Waals surface area contributed by atoms with Crippen LogP contribution in [0.15, 0.2) is 36.7 Å². The second kappa shape index (κ2) is 6.25. The lowest BCUT2D eigenvalue weighted by atomic mass is 9.99. The summed E-state index contributed by atoms with van der Waals surface area (Å²) in [7, 11) is 4.82. The quantitative estimate of drug-likeness (QED) is 0.905. The van der Waals surface area contributed by atoms with Gasteiger partial charge in [-0.1, -0.05) is 0 Å². The van der Waals surface area contributed by atoms with Crippen LogP contribution >= 0.6 is 0 Å². The van der Waals surface area contributed by atoms with Gasteiger partial charge in [0.15, 0.2) is 0 Å². The van der Waals surface area contributed by atoms with E-state index in [2.05, 4.69) is 4.98 Å². The first kappa shape index (κ1) is 14.1. The molecule has 1 aromatic carbocycles. The molecular formula is C15H18N2O3. The SMILES string of the molecule is COc1cncc(C(N)c2cc(OC)ccc2OC)c1. The van der Waals surface area contributed by atoms with Gasteiger partial charge in [-0.2, -0.15) is 0 Å². The minimum atomic E-state index is -0.373. The van der Waals surface area contributed by atoms with Gasteiger partial charge >= 0.3 is 0 Å². The van der Waals surface area contributed by atoms with Crippen LogP contribution in [0.25, 0.3) is 0 Å². The molecule has 1 unspecified atom stereocenters. The highest BCUT2D eigenvalue weighted by Gasteiger charge is 2.16. The molecule has 0 spiro atoms. The largest absolute Gasteiger partial charge is 0.497 e. The Labute approximate surface area is 118 Å². The van der Waals surface area contributed by atoms with Crippen LogP contribution in [-0.4, -0.2) is 26.3 Å². The number of aromatic nitrogens is 1. The number of benzene rings is 1. The second-order valence-electron chi connectivity index (χ2n) is 4.24. The van der Waals surface area contributed by atoms with E-state index in [0.29, 0.717) is 11.5 Å². The highest BCUT2D eigenvalue weighted by molar-refractivity contribution is 5.46. The van der Waals surface area contributed by atoms with Gasteiger partial charge in [-0.3, -0.25) is 4.98 Å². The molecule has 0 saturated heterocycles. The molecule has 5 nitrogen and oxygen atoms in total. The van der Waals surface area contributed by atoms with Crippen molar-refractivity contribution in [3.8, 4) is 17.2 Å². The average molecular weight is 274 g/mol. The van der Waals surface area contributed by atoms with E-state index in [1.165, 1.54) is 0 Å². The van der Waals surface area contributed by atoms with Crippen molar-refractivity contribution in [2.75, 3.05) is 21.3 Å². The topological polar surface area (TPSA) is 66.6 Å². The van der Waals surface area contributed by atoms with Crippen LogP contribution in [0.5, 0.6) is 17.2 Å². The molecule has 1 atom stereocenters. The van der Waals surface area contributed by atoms with Crippen molar-refractivity contribution >= 4 is 0 Å². The molecule has 2 N–H and O–H groups in total. The average Bonchev–Trinajstić information content (AvgIpc) is 2.53. The summed E-state index contributed by atoms with van der Waals surface area (Å²) in [4.78, 5) is 4.12. The zero-order valence-electron chi connectivity index (χ0n) is 11.8. The first-order valence-electron chi connectivity index (χ1n) is 6.16. The van der Waals surface area contributed by atoms with Gasteiger partial charge in [0.25, 0.3) is 0 Å². The lowest BCUT2D eigenvalue weighted by molar-refractivity contribution is 0.396. The minimum Gasteiger partial charge on any atom is -0.497 e. The number of hydrogen-bond donors (Lipinski definition) is 1. The first-order chi connectivity index (χ1) is 9.69. The number of nitrogens with two attached hydrogens (primary N) is 1. The maximum Gasteiger partial charge on any atom is 0.137 e. The molecule has 20 heavy (non-hydrogen) atoms. The van der Waals surface area contributed by atoms with E-state index in [-0.39, 0.29) is 6.04 Å². The lowest BCUT2D eigenvalue weighted by Crippen LogP contribution is -2.13. The standard InChI is InChI=1S/C15H18N2O3/c1-18-11-4-5-14(20-3)13(7-11)15(16)10-6-12(19-2)9-17-8-10/h4-9,15H,16H2,1-3H3. The monoisotopic (exact) mass is 274 g/mol. The van der Waals surface area contributed by atoms with Crippen LogP contribution in [-0.2, 0) is 0 Å². The Hall–Kier alpha value is -2.27. The Morgan fingerprint density at radius 3 is 2.35 bits per heavy atom. The fraction of sp³-hybridized carbons (Fsp3) is 0.267. The molecule has 0 aliphatic carbocycles. The smallest absolute Gasteiger partial charge is 0.137 e. The third-order valence-electron chi connectivity index (χ3n) is 3.10. The van der Waals surface area contributed by atoms with Crippen molar-refractivity contribution in [2.45, 2.75) is 6.04 Å². The summed E-state index contributed by atoms with van der Waals surface area (Å²) in [6.07, 6.45) is 3.35. The van der Waals surface area contributed by atoms with E-state index in [1.807, 2.05) is 24.3 Å². The minimum absolute atomic E-state index is 0.373. The van der Waals surface area contributed by atoms with E-state index in [4.69, 9.17) is 19.9 Å². The predicted octanol–water partition coefficient (Wildman–Crippen LogP) is 2.16. The van der Waals surface area contributed by atoms with E-state index < -0.39 is 0 Å². The van der Waals surface area contributed by atoms with Crippen LogP contribution in [0.1, 0.15) is 17.2 Å². The number of pyridine rings is 1. The fourth-order valence-electron chi connectivity index (χ4n) is 1.98. The summed E-state index contributed by atoms with van der Waals surface area (Å²) in [6, 6.07) is 7.02. The van der Waals surface area contributed by atoms with E-state index in [0.717, 1.165) is 16.9 Å². The number of rotatable bonds is 5. The van der Waals surface area contributed by atoms with Crippen molar-refractivity contribution in [3.63, 3.8) is 0 Å². The van der Waals surface area contributed by atoms with Gasteiger partial charge in [-0.05, 0) is 29.8 Å². The predicted molar refractivity (Wildman–Crippen MR) is 76.4 cm³/mol. The Balaban J connectivity index is 2.42. The summed E-state index contributed by atoms with van der Waals surface area (Å²) in [5.74, 6) is 2.10. The number of nitrogens with zero attached hydrogens (tertiary/aromatic N) is 1. The molecule has 0 aliphatic heterocycles. The van der Waals surface area contributed by atoms with Crippen molar-refractivity contribution < 1.29 is 14.2 Å². The maximum atomic E-state index is 6.31. The van der Waals surface area contributed by atoms with Crippen molar-refractivity contribution in [3.05, 3.63) is 47.8 Å². The summed E-state index contributed by atoms with van der Waals surface area (Å²) in [6.45, 7) is 0. The third-order valence-corrected chi connectivity index (χ3v) is 3.10. The van der Waals surface area contributed by atoms with Crippen LogP contribution in [0.2, 0.25) is 0 Å². The van der Waals surface area contributed by atoms with Gasteiger partial charge in [-0.15, -0.1) is 0 Å². The van der Waals surface area contributed by atoms with Gasteiger partial charge in [-0.25, -0.2) is 0 Å². The Kier molecular flexibility index (Phi) is 4.42. The molecule has 0 amide bonds. The summed E-state index contributed by atoms with van der Waals surface area (Å²) < 4.78 is 15.8. The van der Waals surface area contributed by atoms with E-state index in [9.17, 15) is 0 Å².